The maximum atomic E-state index is 2.50. The number of hydrogen-bond donors (Lipinski definition) is 0. The van der Waals surface area contributed by atoms with E-state index in [-0.39, 0.29) is 0 Å². The molecule has 2 heterocycles. The van der Waals surface area contributed by atoms with E-state index in [0.717, 1.165) is 6.42 Å². The number of nitrogens with zero attached hydrogens (tertiary/aromatic N) is 1. The third-order valence-corrected chi connectivity index (χ3v) is 8.67. The molecule has 0 fully saturated rings. The summed E-state index contributed by atoms with van der Waals surface area (Å²) in [5, 5.41) is 5.74. The zero-order valence-electron chi connectivity index (χ0n) is 17.6. The fraction of sp³-hybridized carbons (Fsp3) is 0.143. The Morgan fingerprint density at radius 3 is 2.03 bits per heavy atom. The molecule has 0 aliphatic rings. The lowest BCUT2D eigenvalue weighted by atomic mass is 10.1. The van der Waals surface area contributed by atoms with Crippen LogP contribution in [0.2, 0.25) is 0 Å². The van der Waals surface area contributed by atoms with Gasteiger partial charge in [-0.2, -0.15) is 0 Å². The van der Waals surface area contributed by atoms with Crippen molar-refractivity contribution in [2.75, 3.05) is 0 Å². The van der Waals surface area contributed by atoms with Crippen molar-refractivity contribution in [3.8, 4) is 0 Å². The van der Waals surface area contributed by atoms with Crippen LogP contribution in [0.1, 0.15) is 24.8 Å². The second-order valence-electron chi connectivity index (χ2n) is 7.99. The number of rotatable bonds is 4. The summed E-state index contributed by atoms with van der Waals surface area (Å²) in [5.74, 6) is 0. The molecule has 0 N–H and O–H groups in total. The molecule has 0 saturated heterocycles. The number of aromatic nitrogens is 1. The van der Waals surface area contributed by atoms with Crippen LogP contribution in [-0.2, 0) is 6.42 Å². The Morgan fingerprint density at radius 2 is 1.35 bits per heavy atom. The van der Waals surface area contributed by atoms with Gasteiger partial charge < -0.3 is 4.57 Å². The van der Waals surface area contributed by atoms with Crippen LogP contribution in [-0.4, -0.2) is 4.57 Å². The van der Waals surface area contributed by atoms with E-state index in [2.05, 4.69) is 103 Å². The molecule has 0 aliphatic heterocycles. The van der Waals surface area contributed by atoms with Crippen LogP contribution in [0.15, 0.2) is 89.8 Å². The second-order valence-corrected chi connectivity index (χ2v) is 10.4. The zero-order chi connectivity index (χ0) is 20.9. The van der Waals surface area contributed by atoms with Crippen LogP contribution in [0.25, 0.3) is 42.0 Å². The third-order valence-electron chi connectivity index (χ3n) is 6.24. The molecule has 0 aliphatic carbocycles. The number of hydrogen-bond acceptors (Lipinski definition) is 2. The molecule has 0 spiro atoms. The minimum Gasteiger partial charge on any atom is -0.328 e. The van der Waals surface area contributed by atoms with E-state index in [1.165, 1.54) is 52.4 Å². The highest BCUT2D eigenvalue weighted by molar-refractivity contribution is 7.99. The summed E-state index contributed by atoms with van der Waals surface area (Å²) in [6.07, 6.45) is 1.05. The average molecular weight is 438 g/mol. The third kappa shape index (κ3) is 2.91. The maximum Gasteiger partial charge on any atom is 0.0818 e. The highest BCUT2D eigenvalue weighted by atomic mass is 32.2. The molecule has 3 heteroatoms. The van der Waals surface area contributed by atoms with Gasteiger partial charge in [-0.05, 0) is 43.2 Å². The summed E-state index contributed by atoms with van der Waals surface area (Å²) < 4.78 is 5.33. The van der Waals surface area contributed by atoms with Crippen molar-refractivity contribution in [1.29, 1.82) is 0 Å². The number of thioether (sulfide) groups is 1. The van der Waals surface area contributed by atoms with Crippen molar-refractivity contribution < 1.29 is 0 Å². The van der Waals surface area contributed by atoms with Crippen molar-refractivity contribution >= 4 is 65.1 Å². The molecule has 0 saturated carbocycles. The van der Waals surface area contributed by atoms with Gasteiger partial charge in [-0.3, -0.25) is 0 Å². The lowest BCUT2D eigenvalue weighted by Gasteiger charge is -2.18. The SMILES string of the molecule is CCc1c(SC(C)n2c3ccccc3c3ccccc32)ccc2c1sc1ccccc12. The Hall–Kier alpha value is -2.75. The predicted octanol–water partition coefficient (Wildman–Crippen LogP) is 9.04. The zero-order valence-corrected chi connectivity index (χ0v) is 19.3. The summed E-state index contributed by atoms with van der Waals surface area (Å²) >= 11 is 3.91. The first-order valence-corrected chi connectivity index (χ1v) is 12.5. The molecule has 4 aromatic carbocycles. The van der Waals surface area contributed by atoms with Gasteiger partial charge in [0, 0.05) is 35.8 Å². The molecule has 6 rings (SSSR count). The van der Waals surface area contributed by atoms with E-state index in [0.29, 0.717) is 5.37 Å². The number of benzene rings is 4. The number of aryl methyl sites for hydroxylation is 1. The molecule has 0 bridgehead atoms. The molecular weight excluding hydrogens is 414 g/mol. The Labute approximate surface area is 190 Å². The Bertz CT molecular complexity index is 1520. The van der Waals surface area contributed by atoms with Gasteiger partial charge in [0.05, 0.1) is 16.4 Å². The molecule has 1 nitrogen and oxygen atoms in total. The molecule has 1 unspecified atom stereocenters. The van der Waals surface area contributed by atoms with Crippen molar-refractivity contribution in [2.24, 2.45) is 0 Å². The molecule has 0 radical (unpaired) electrons. The van der Waals surface area contributed by atoms with Crippen LogP contribution >= 0.6 is 23.1 Å². The molecule has 31 heavy (non-hydrogen) atoms. The molecule has 152 valence electrons. The smallest absolute Gasteiger partial charge is 0.0818 e. The summed E-state index contributed by atoms with van der Waals surface area (Å²) in [6.45, 7) is 4.62. The number of thiophene rings is 1. The highest BCUT2D eigenvalue weighted by Crippen LogP contribution is 2.44. The number of fused-ring (bicyclic) bond motifs is 6. The van der Waals surface area contributed by atoms with Crippen molar-refractivity contribution in [3.63, 3.8) is 0 Å². The Balaban J connectivity index is 1.50. The van der Waals surface area contributed by atoms with Crippen molar-refractivity contribution in [2.45, 2.75) is 30.5 Å². The number of para-hydroxylation sites is 2. The largest absolute Gasteiger partial charge is 0.328 e. The quantitative estimate of drug-likeness (QED) is 0.249. The van der Waals surface area contributed by atoms with Crippen molar-refractivity contribution in [3.05, 3.63) is 90.5 Å². The van der Waals surface area contributed by atoms with Crippen LogP contribution < -0.4 is 0 Å². The lowest BCUT2D eigenvalue weighted by Crippen LogP contribution is -2.01. The van der Waals surface area contributed by atoms with Gasteiger partial charge in [-0.1, -0.05) is 67.6 Å². The van der Waals surface area contributed by atoms with E-state index in [4.69, 9.17) is 0 Å². The van der Waals surface area contributed by atoms with Crippen LogP contribution in [0.4, 0.5) is 0 Å². The fourth-order valence-corrected chi connectivity index (χ4v) is 7.47. The van der Waals surface area contributed by atoms with Gasteiger partial charge in [-0.25, -0.2) is 0 Å². The Morgan fingerprint density at radius 1 is 0.742 bits per heavy atom. The van der Waals surface area contributed by atoms with E-state index < -0.39 is 0 Å². The molecule has 0 amide bonds. The molecule has 1 atom stereocenters. The normalized spacial score (nSPS) is 13.0. The van der Waals surface area contributed by atoms with Crippen LogP contribution in [0.3, 0.4) is 0 Å². The molecule has 2 aromatic heterocycles. The second kappa shape index (κ2) is 7.44. The molecule has 6 aromatic rings. The van der Waals surface area contributed by atoms with Gasteiger partial charge in [0.15, 0.2) is 0 Å². The lowest BCUT2D eigenvalue weighted by molar-refractivity contribution is 0.799. The average Bonchev–Trinajstić information content (AvgIpc) is 3.35. The van der Waals surface area contributed by atoms with E-state index in [1.54, 1.807) is 0 Å². The van der Waals surface area contributed by atoms with Gasteiger partial charge in [0.25, 0.3) is 0 Å². The first-order chi connectivity index (χ1) is 15.3. The van der Waals surface area contributed by atoms with E-state index in [1.807, 2.05) is 23.1 Å². The fourth-order valence-electron chi connectivity index (χ4n) is 4.85. The van der Waals surface area contributed by atoms with Gasteiger partial charge in [0.2, 0.25) is 0 Å². The standard InChI is InChI=1S/C28H23NS2/c1-3-19-27(17-16-23-22-12-6-9-15-26(22)31-28(19)23)30-18(2)29-24-13-7-4-10-20(24)21-11-5-8-14-25(21)29/h4-18H,3H2,1-2H3. The van der Waals surface area contributed by atoms with Crippen LogP contribution in [0, 0.1) is 0 Å². The summed E-state index contributed by atoms with van der Waals surface area (Å²) in [6, 6.07) is 31.0. The van der Waals surface area contributed by atoms with Gasteiger partial charge >= 0.3 is 0 Å². The van der Waals surface area contributed by atoms with Gasteiger partial charge in [0.1, 0.15) is 0 Å². The van der Waals surface area contributed by atoms with Crippen molar-refractivity contribution in [1.82, 2.24) is 4.57 Å². The summed E-state index contributed by atoms with van der Waals surface area (Å²) in [7, 11) is 0. The first kappa shape index (κ1) is 19.0. The Kier molecular flexibility index (Phi) is 4.55. The monoisotopic (exact) mass is 437 g/mol. The molecular formula is C28H23NS2. The first-order valence-electron chi connectivity index (χ1n) is 10.8. The predicted molar refractivity (Wildman–Crippen MR) is 139 cm³/mol. The topological polar surface area (TPSA) is 4.93 Å². The highest BCUT2D eigenvalue weighted by Gasteiger charge is 2.18. The maximum absolute atomic E-state index is 2.50. The minimum atomic E-state index is 0.293. The van der Waals surface area contributed by atoms with Gasteiger partial charge in [-0.15, -0.1) is 23.1 Å². The summed E-state index contributed by atoms with van der Waals surface area (Å²) in [5.41, 5.74) is 4.10. The van der Waals surface area contributed by atoms with E-state index >= 15 is 0 Å². The minimum absolute atomic E-state index is 0.293. The van der Waals surface area contributed by atoms with Crippen LogP contribution in [0.5, 0.6) is 0 Å². The summed E-state index contributed by atoms with van der Waals surface area (Å²) in [4.78, 5) is 1.40. The van der Waals surface area contributed by atoms with E-state index in [9.17, 15) is 0 Å².